The molecule has 2 N–H and O–H groups in total. The summed E-state index contributed by atoms with van der Waals surface area (Å²) in [5.41, 5.74) is 2.69. The Balaban J connectivity index is 1.74. The molecule has 9 nitrogen and oxygen atoms in total. The molecule has 178 valence electrons. The summed E-state index contributed by atoms with van der Waals surface area (Å²) in [4.78, 5) is 50.4. The lowest BCUT2D eigenvalue weighted by molar-refractivity contribution is -0.122. The zero-order valence-corrected chi connectivity index (χ0v) is 19.7. The number of halogens is 1. The zero-order chi connectivity index (χ0) is 25.4. The number of benzene rings is 2. The maximum atomic E-state index is 13.2. The van der Waals surface area contributed by atoms with E-state index in [0.717, 1.165) is 10.6 Å². The molecule has 0 aliphatic carbocycles. The first-order chi connectivity index (χ1) is 16.6. The van der Waals surface area contributed by atoms with Crippen molar-refractivity contribution in [3.8, 4) is 11.4 Å². The number of imide groups is 2. The molecule has 0 spiro atoms. The van der Waals surface area contributed by atoms with E-state index >= 15 is 0 Å². The summed E-state index contributed by atoms with van der Waals surface area (Å²) in [7, 11) is 1.50. The van der Waals surface area contributed by atoms with Crippen LogP contribution in [0.5, 0.6) is 5.75 Å². The van der Waals surface area contributed by atoms with Crippen molar-refractivity contribution in [1.29, 1.82) is 0 Å². The Morgan fingerprint density at radius 1 is 1.03 bits per heavy atom. The third-order valence-electron chi connectivity index (χ3n) is 5.64. The summed E-state index contributed by atoms with van der Waals surface area (Å²) in [6.45, 7) is 3.61. The molecular formula is C25H20ClN3O6. The number of methoxy groups -OCH3 is 1. The molecule has 2 heterocycles. The number of carboxylic acid groups (broad SMARTS) is 1. The minimum Gasteiger partial charge on any atom is -0.497 e. The van der Waals surface area contributed by atoms with Crippen molar-refractivity contribution in [3.63, 3.8) is 0 Å². The van der Waals surface area contributed by atoms with Crippen molar-refractivity contribution >= 4 is 47.2 Å². The maximum Gasteiger partial charge on any atom is 0.337 e. The number of urea groups is 1. The van der Waals surface area contributed by atoms with Gasteiger partial charge in [0.05, 0.1) is 23.4 Å². The van der Waals surface area contributed by atoms with E-state index in [1.54, 1.807) is 43.3 Å². The summed E-state index contributed by atoms with van der Waals surface area (Å²) in [5, 5.41) is 11.5. The molecule has 1 saturated heterocycles. The van der Waals surface area contributed by atoms with Crippen molar-refractivity contribution < 1.29 is 29.0 Å². The molecule has 3 aromatic rings. The second-order valence-electron chi connectivity index (χ2n) is 7.79. The molecule has 2 aromatic carbocycles. The number of carbonyl (C=O) groups excluding carboxylic acids is 3. The summed E-state index contributed by atoms with van der Waals surface area (Å²) in [6, 6.07) is 11.8. The van der Waals surface area contributed by atoms with Gasteiger partial charge in [-0.2, -0.15) is 0 Å². The molecule has 0 atom stereocenters. The largest absolute Gasteiger partial charge is 0.497 e. The van der Waals surface area contributed by atoms with Gasteiger partial charge in [-0.15, -0.1) is 0 Å². The fraction of sp³-hybridized carbons (Fsp3) is 0.120. The van der Waals surface area contributed by atoms with Crippen molar-refractivity contribution in [3.05, 3.63) is 81.6 Å². The van der Waals surface area contributed by atoms with E-state index in [1.807, 2.05) is 11.5 Å². The number of ether oxygens (including phenoxy) is 1. The van der Waals surface area contributed by atoms with E-state index in [1.165, 1.54) is 25.3 Å². The van der Waals surface area contributed by atoms with Crippen LogP contribution in [0.1, 0.15) is 27.3 Å². The van der Waals surface area contributed by atoms with Crippen LogP contribution in [0.2, 0.25) is 5.02 Å². The molecule has 4 amide bonds. The van der Waals surface area contributed by atoms with Crippen LogP contribution >= 0.6 is 11.6 Å². The van der Waals surface area contributed by atoms with Gasteiger partial charge in [0, 0.05) is 17.1 Å². The first-order valence-corrected chi connectivity index (χ1v) is 10.8. The predicted octanol–water partition coefficient (Wildman–Crippen LogP) is 4.12. The molecule has 1 aromatic heterocycles. The number of hydrogen-bond acceptors (Lipinski definition) is 5. The number of rotatable bonds is 5. The lowest BCUT2D eigenvalue weighted by Crippen LogP contribution is -2.54. The highest BCUT2D eigenvalue weighted by molar-refractivity contribution is 6.39. The van der Waals surface area contributed by atoms with Crippen molar-refractivity contribution in [2.24, 2.45) is 0 Å². The fourth-order valence-electron chi connectivity index (χ4n) is 3.93. The van der Waals surface area contributed by atoms with Gasteiger partial charge in [-0.1, -0.05) is 11.6 Å². The van der Waals surface area contributed by atoms with Gasteiger partial charge in [0.2, 0.25) is 0 Å². The molecule has 1 fully saturated rings. The molecule has 1 aliphatic heterocycles. The van der Waals surface area contributed by atoms with E-state index in [0.29, 0.717) is 22.7 Å². The monoisotopic (exact) mass is 493 g/mol. The number of aryl methyl sites for hydroxylation is 1. The molecule has 1 aliphatic rings. The molecular weight excluding hydrogens is 474 g/mol. The predicted molar refractivity (Wildman–Crippen MR) is 129 cm³/mol. The number of carbonyl (C=O) groups is 4. The van der Waals surface area contributed by atoms with Crippen LogP contribution in [0.25, 0.3) is 11.8 Å². The van der Waals surface area contributed by atoms with Gasteiger partial charge >= 0.3 is 12.0 Å². The van der Waals surface area contributed by atoms with Gasteiger partial charge in [-0.3, -0.25) is 14.9 Å². The lowest BCUT2D eigenvalue weighted by atomic mass is 10.1. The highest BCUT2D eigenvalue weighted by Crippen LogP contribution is 2.28. The number of aromatic carboxylic acids is 1. The molecule has 35 heavy (non-hydrogen) atoms. The number of barbiturate groups is 1. The van der Waals surface area contributed by atoms with Gasteiger partial charge in [-0.25, -0.2) is 14.5 Å². The highest BCUT2D eigenvalue weighted by Gasteiger charge is 2.37. The topological polar surface area (TPSA) is 118 Å². The van der Waals surface area contributed by atoms with Crippen LogP contribution < -0.4 is 15.0 Å². The molecule has 0 unspecified atom stereocenters. The van der Waals surface area contributed by atoms with Crippen molar-refractivity contribution in [1.82, 2.24) is 9.88 Å². The highest BCUT2D eigenvalue weighted by atomic mass is 35.5. The Kier molecular flexibility index (Phi) is 6.19. The summed E-state index contributed by atoms with van der Waals surface area (Å²) < 4.78 is 6.93. The minimum absolute atomic E-state index is 0.0204. The quantitative estimate of drug-likeness (QED) is 0.408. The number of amides is 4. The second-order valence-corrected chi connectivity index (χ2v) is 8.19. The molecule has 0 radical (unpaired) electrons. The van der Waals surface area contributed by atoms with Gasteiger partial charge in [-0.05, 0) is 74.0 Å². The van der Waals surface area contributed by atoms with Crippen LogP contribution in [-0.2, 0) is 9.59 Å². The van der Waals surface area contributed by atoms with E-state index in [2.05, 4.69) is 5.32 Å². The number of nitrogens with one attached hydrogen (secondary N) is 1. The first-order valence-electron chi connectivity index (χ1n) is 10.4. The molecule has 10 heteroatoms. The average Bonchev–Trinajstić information content (AvgIpc) is 3.09. The van der Waals surface area contributed by atoms with Crippen LogP contribution in [0.15, 0.2) is 54.1 Å². The maximum absolute atomic E-state index is 13.2. The SMILES string of the molecule is COc1ccc(N2C(=O)NC(=O)/C(=C/c3cc(C)n(-c4ccc(C(=O)O)c(Cl)c4)c3C)C2=O)cc1. The third kappa shape index (κ3) is 4.29. The Labute approximate surface area is 205 Å². The molecule has 4 rings (SSSR count). The second kappa shape index (κ2) is 9.11. The standard InChI is InChI=1S/C25H20ClN3O6/c1-13-10-15(14(2)28(13)17-6-9-19(24(32)33)21(26)12-17)11-20-22(30)27-25(34)29(23(20)31)16-4-7-18(35-3)8-5-16/h4-12H,1-3H3,(H,32,33)(H,27,30,34)/b20-11-. The van der Waals surface area contributed by atoms with E-state index in [-0.39, 0.29) is 21.8 Å². The van der Waals surface area contributed by atoms with Crippen LogP contribution in [0, 0.1) is 13.8 Å². The van der Waals surface area contributed by atoms with E-state index in [4.69, 9.17) is 16.3 Å². The van der Waals surface area contributed by atoms with Crippen LogP contribution in [0.3, 0.4) is 0 Å². The smallest absolute Gasteiger partial charge is 0.337 e. The number of anilines is 1. The average molecular weight is 494 g/mol. The third-order valence-corrected chi connectivity index (χ3v) is 5.96. The van der Waals surface area contributed by atoms with Crippen LogP contribution in [0.4, 0.5) is 10.5 Å². The Morgan fingerprint density at radius 2 is 1.69 bits per heavy atom. The van der Waals surface area contributed by atoms with Crippen molar-refractivity contribution in [2.45, 2.75) is 13.8 Å². The van der Waals surface area contributed by atoms with Gasteiger partial charge in [0.25, 0.3) is 11.8 Å². The lowest BCUT2D eigenvalue weighted by Gasteiger charge is -2.26. The Hall–Kier alpha value is -4.37. The number of nitrogens with zero attached hydrogens (tertiary/aromatic N) is 2. The Bertz CT molecular complexity index is 1420. The van der Waals surface area contributed by atoms with Gasteiger partial charge < -0.3 is 14.4 Å². The van der Waals surface area contributed by atoms with E-state index < -0.39 is 23.8 Å². The normalized spacial score (nSPS) is 14.9. The first kappa shape index (κ1) is 23.8. The molecule has 0 bridgehead atoms. The van der Waals surface area contributed by atoms with Gasteiger partial charge in [0.15, 0.2) is 0 Å². The van der Waals surface area contributed by atoms with Crippen LogP contribution in [-0.4, -0.2) is 40.6 Å². The number of hydrogen-bond donors (Lipinski definition) is 2. The summed E-state index contributed by atoms with van der Waals surface area (Å²) >= 11 is 6.14. The van der Waals surface area contributed by atoms with Crippen molar-refractivity contribution in [2.75, 3.05) is 12.0 Å². The minimum atomic E-state index is -1.13. The van der Waals surface area contributed by atoms with E-state index in [9.17, 15) is 24.3 Å². The summed E-state index contributed by atoms with van der Waals surface area (Å²) in [5.74, 6) is -2.15. The summed E-state index contributed by atoms with van der Waals surface area (Å²) in [6.07, 6.45) is 1.42. The fourth-order valence-corrected chi connectivity index (χ4v) is 4.18. The zero-order valence-electron chi connectivity index (χ0n) is 19.0. The Morgan fingerprint density at radius 3 is 2.29 bits per heavy atom. The van der Waals surface area contributed by atoms with Gasteiger partial charge in [0.1, 0.15) is 11.3 Å². The number of aromatic nitrogens is 1. The molecule has 0 saturated carbocycles. The number of carboxylic acids is 1.